The van der Waals surface area contributed by atoms with Crippen LogP contribution >= 0.6 is 11.3 Å². The van der Waals surface area contributed by atoms with E-state index in [1.807, 2.05) is 60.5 Å². The minimum absolute atomic E-state index is 0.0754. The van der Waals surface area contributed by atoms with Crippen molar-refractivity contribution in [2.45, 2.75) is 20.4 Å². The van der Waals surface area contributed by atoms with Crippen LogP contribution in [0.5, 0.6) is 0 Å². The molecule has 1 aromatic carbocycles. The summed E-state index contributed by atoms with van der Waals surface area (Å²) in [5.41, 5.74) is 1.87. The summed E-state index contributed by atoms with van der Waals surface area (Å²) in [7, 11) is 0. The smallest absolute Gasteiger partial charge is 0.238 e. The molecular formula is C18H23N3O2S. The molecule has 0 spiro atoms. The van der Waals surface area contributed by atoms with Gasteiger partial charge in [0.05, 0.1) is 19.6 Å². The zero-order valence-electron chi connectivity index (χ0n) is 14.0. The molecule has 128 valence electrons. The first-order chi connectivity index (χ1) is 11.6. The Bertz CT molecular complexity index is 671. The molecule has 0 atom stereocenters. The van der Waals surface area contributed by atoms with E-state index in [4.69, 9.17) is 0 Å². The van der Waals surface area contributed by atoms with Crippen molar-refractivity contribution in [2.24, 2.45) is 0 Å². The quantitative estimate of drug-likeness (QED) is 0.773. The third kappa shape index (κ3) is 6.14. The van der Waals surface area contributed by atoms with Gasteiger partial charge in [-0.15, -0.1) is 11.3 Å². The maximum atomic E-state index is 12.1. The van der Waals surface area contributed by atoms with E-state index in [9.17, 15) is 9.59 Å². The predicted octanol–water partition coefficient (Wildman–Crippen LogP) is 2.63. The van der Waals surface area contributed by atoms with Gasteiger partial charge in [-0.1, -0.05) is 25.1 Å². The molecule has 1 aromatic heterocycles. The SMILES string of the molecule is CCN(CC(=O)NCc1cccs1)CC(=O)Nc1cccc(C)c1. The number of nitrogens with one attached hydrogen (secondary N) is 2. The number of likely N-dealkylation sites (N-methyl/N-ethyl adjacent to an activating group) is 1. The Morgan fingerprint density at radius 3 is 2.58 bits per heavy atom. The molecule has 0 aliphatic carbocycles. The summed E-state index contributed by atoms with van der Waals surface area (Å²) in [5.74, 6) is -0.192. The average Bonchev–Trinajstić information content (AvgIpc) is 3.05. The third-order valence-corrected chi connectivity index (χ3v) is 4.40. The summed E-state index contributed by atoms with van der Waals surface area (Å²) >= 11 is 1.61. The van der Waals surface area contributed by atoms with Gasteiger partial charge in [-0.3, -0.25) is 14.5 Å². The van der Waals surface area contributed by atoms with Crippen LogP contribution in [0.3, 0.4) is 0 Å². The second-order valence-electron chi connectivity index (χ2n) is 5.58. The van der Waals surface area contributed by atoms with Gasteiger partial charge in [-0.05, 0) is 42.6 Å². The number of thiophene rings is 1. The monoisotopic (exact) mass is 345 g/mol. The maximum Gasteiger partial charge on any atom is 0.238 e. The molecule has 0 saturated carbocycles. The van der Waals surface area contributed by atoms with Crippen molar-refractivity contribution in [3.8, 4) is 0 Å². The molecule has 2 N–H and O–H groups in total. The van der Waals surface area contributed by atoms with E-state index in [2.05, 4.69) is 10.6 Å². The fraction of sp³-hybridized carbons (Fsp3) is 0.333. The molecule has 2 aromatic rings. The van der Waals surface area contributed by atoms with Crippen molar-refractivity contribution in [3.63, 3.8) is 0 Å². The number of anilines is 1. The lowest BCUT2D eigenvalue weighted by atomic mass is 10.2. The highest BCUT2D eigenvalue weighted by molar-refractivity contribution is 7.09. The van der Waals surface area contributed by atoms with E-state index >= 15 is 0 Å². The van der Waals surface area contributed by atoms with E-state index in [0.29, 0.717) is 13.1 Å². The number of carbonyl (C=O) groups excluding carboxylic acids is 2. The van der Waals surface area contributed by atoms with Crippen molar-refractivity contribution >= 4 is 28.8 Å². The van der Waals surface area contributed by atoms with Crippen LogP contribution in [0, 0.1) is 6.92 Å². The number of hydrogen-bond donors (Lipinski definition) is 2. The van der Waals surface area contributed by atoms with Crippen LogP contribution in [0.15, 0.2) is 41.8 Å². The van der Waals surface area contributed by atoms with Crippen LogP contribution < -0.4 is 10.6 Å². The van der Waals surface area contributed by atoms with E-state index in [-0.39, 0.29) is 24.9 Å². The molecule has 2 amide bonds. The summed E-state index contributed by atoms with van der Waals surface area (Å²) in [4.78, 5) is 27.1. The molecule has 0 saturated heterocycles. The summed E-state index contributed by atoms with van der Waals surface area (Å²) in [6.45, 7) is 5.48. The van der Waals surface area contributed by atoms with Crippen molar-refractivity contribution in [2.75, 3.05) is 25.0 Å². The molecular weight excluding hydrogens is 322 g/mol. The van der Waals surface area contributed by atoms with Crippen LogP contribution in [0.1, 0.15) is 17.4 Å². The molecule has 1 heterocycles. The predicted molar refractivity (Wildman–Crippen MR) is 98.1 cm³/mol. The van der Waals surface area contributed by atoms with E-state index in [1.54, 1.807) is 11.3 Å². The number of rotatable bonds is 8. The van der Waals surface area contributed by atoms with Crippen molar-refractivity contribution < 1.29 is 9.59 Å². The molecule has 0 aliphatic rings. The number of carbonyl (C=O) groups is 2. The minimum atomic E-state index is -0.117. The molecule has 0 aliphatic heterocycles. The normalized spacial score (nSPS) is 10.6. The lowest BCUT2D eigenvalue weighted by Gasteiger charge is -2.19. The fourth-order valence-corrected chi connectivity index (χ4v) is 2.91. The molecule has 0 fully saturated rings. The number of nitrogens with zero attached hydrogens (tertiary/aromatic N) is 1. The Balaban J connectivity index is 1.78. The highest BCUT2D eigenvalue weighted by atomic mass is 32.1. The van der Waals surface area contributed by atoms with Gasteiger partial charge < -0.3 is 10.6 Å². The Labute approximate surface area is 146 Å². The van der Waals surface area contributed by atoms with Gasteiger partial charge in [0.15, 0.2) is 0 Å². The zero-order chi connectivity index (χ0) is 17.4. The maximum absolute atomic E-state index is 12.1. The van der Waals surface area contributed by atoms with Crippen LogP contribution in [0.2, 0.25) is 0 Å². The lowest BCUT2D eigenvalue weighted by molar-refractivity contribution is -0.123. The highest BCUT2D eigenvalue weighted by Crippen LogP contribution is 2.09. The van der Waals surface area contributed by atoms with Crippen LogP contribution in [0.4, 0.5) is 5.69 Å². The number of amides is 2. The standard InChI is InChI=1S/C18H23N3O2S/c1-3-21(12-17(22)19-11-16-8-5-9-24-16)13-18(23)20-15-7-4-6-14(2)10-15/h4-10H,3,11-13H2,1-2H3,(H,19,22)(H,20,23). The lowest BCUT2D eigenvalue weighted by Crippen LogP contribution is -2.40. The molecule has 0 bridgehead atoms. The van der Waals surface area contributed by atoms with Crippen LogP contribution in [-0.4, -0.2) is 36.3 Å². The molecule has 2 rings (SSSR count). The van der Waals surface area contributed by atoms with Crippen molar-refractivity contribution in [1.29, 1.82) is 0 Å². The van der Waals surface area contributed by atoms with Gasteiger partial charge >= 0.3 is 0 Å². The second kappa shape index (κ2) is 9.20. The van der Waals surface area contributed by atoms with Gasteiger partial charge in [0, 0.05) is 10.6 Å². The molecule has 6 heteroatoms. The summed E-state index contributed by atoms with van der Waals surface area (Å²) in [6.07, 6.45) is 0. The number of hydrogen-bond acceptors (Lipinski definition) is 4. The van der Waals surface area contributed by atoms with E-state index in [1.165, 1.54) is 0 Å². The third-order valence-electron chi connectivity index (χ3n) is 3.52. The second-order valence-corrected chi connectivity index (χ2v) is 6.61. The first kappa shape index (κ1) is 18.2. The van der Waals surface area contributed by atoms with E-state index < -0.39 is 0 Å². The van der Waals surface area contributed by atoms with Crippen LogP contribution in [0.25, 0.3) is 0 Å². The first-order valence-corrected chi connectivity index (χ1v) is 8.82. The highest BCUT2D eigenvalue weighted by Gasteiger charge is 2.13. The molecule has 24 heavy (non-hydrogen) atoms. The topological polar surface area (TPSA) is 61.4 Å². The first-order valence-electron chi connectivity index (χ1n) is 7.94. The van der Waals surface area contributed by atoms with Gasteiger partial charge in [0.25, 0.3) is 0 Å². The Morgan fingerprint density at radius 1 is 1.12 bits per heavy atom. The van der Waals surface area contributed by atoms with Gasteiger partial charge in [0.2, 0.25) is 11.8 Å². The fourth-order valence-electron chi connectivity index (χ4n) is 2.26. The zero-order valence-corrected chi connectivity index (χ0v) is 14.9. The van der Waals surface area contributed by atoms with Gasteiger partial charge in [0.1, 0.15) is 0 Å². The largest absolute Gasteiger partial charge is 0.350 e. The summed E-state index contributed by atoms with van der Waals surface area (Å²) < 4.78 is 0. The minimum Gasteiger partial charge on any atom is -0.350 e. The van der Waals surface area contributed by atoms with Gasteiger partial charge in [-0.25, -0.2) is 0 Å². The molecule has 5 nitrogen and oxygen atoms in total. The van der Waals surface area contributed by atoms with Crippen LogP contribution in [-0.2, 0) is 16.1 Å². The van der Waals surface area contributed by atoms with Gasteiger partial charge in [-0.2, -0.15) is 0 Å². The molecule has 0 radical (unpaired) electrons. The Morgan fingerprint density at radius 2 is 1.92 bits per heavy atom. The van der Waals surface area contributed by atoms with Crippen molar-refractivity contribution in [1.82, 2.24) is 10.2 Å². The molecule has 0 unspecified atom stereocenters. The average molecular weight is 345 g/mol. The summed E-state index contributed by atoms with van der Waals surface area (Å²) in [5, 5.41) is 7.72. The number of aryl methyl sites for hydroxylation is 1. The number of benzene rings is 1. The Kier molecular flexibility index (Phi) is 6.96. The Hall–Kier alpha value is -2.18. The van der Waals surface area contributed by atoms with E-state index in [0.717, 1.165) is 16.1 Å². The van der Waals surface area contributed by atoms with Crippen molar-refractivity contribution in [3.05, 3.63) is 52.2 Å². The summed E-state index contributed by atoms with van der Waals surface area (Å²) in [6, 6.07) is 11.6.